The molecule has 0 spiro atoms. The van der Waals surface area contributed by atoms with Crippen LogP contribution in [-0.2, 0) is 14.3 Å². The molecule has 0 atom stereocenters. The molecule has 31 heavy (non-hydrogen) atoms. The number of benzene rings is 1. The topological polar surface area (TPSA) is 94.6 Å². The van der Waals surface area contributed by atoms with E-state index in [-0.39, 0.29) is 12.2 Å². The Labute approximate surface area is 188 Å². The third-order valence-electron chi connectivity index (χ3n) is 4.46. The lowest BCUT2D eigenvalue weighted by Crippen LogP contribution is -2.21. The van der Waals surface area contributed by atoms with Gasteiger partial charge in [0.2, 0.25) is 0 Å². The normalized spacial score (nSPS) is 10.6. The van der Waals surface area contributed by atoms with Crippen LogP contribution < -0.4 is 5.32 Å². The summed E-state index contributed by atoms with van der Waals surface area (Å²) in [6.07, 6.45) is 0. The summed E-state index contributed by atoms with van der Waals surface area (Å²) in [7, 11) is 0. The van der Waals surface area contributed by atoms with Crippen molar-refractivity contribution >= 4 is 45.5 Å². The number of aromatic nitrogens is 1. The molecule has 2 heterocycles. The highest BCUT2D eigenvalue weighted by molar-refractivity contribution is 7.15. The molecular formula is C22H22N2O5S2. The van der Waals surface area contributed by atoms with Crippen LogP contribution in [0.2, 0.25) is 0 Å². The SMILES string of the molecule is CCOC(=O)c1c(-c2ccc(C)cc2C)csc1NC(=O)COC(=O)c1scnc1C. The summed E-state index contributed by atoms with van der Waals surface area (Å²) in [5, 5.41) is 4.84. The molecule has 3 aromatic rings. The maximum Gasteiger partial charge on any atom is 0.350 e. The van der Waals surface area contributed by atoms with Gasteiger partial charge in [-0.1, -0.05) is 23.8 Å². The Hall–Kier alpha value is -3.04. The molecule has 0 aliphatic rings. The fourth-order valence-corrected chi connectivity index (χ4v) is 4.69. The van der Waals surface area contributed by atoms with Crippen LogP contribution in [0.25, 0.3) is 11.1 Å². The highest BCUT2D eigenvalue weighted by Gasteiger charge is 2.24. The first-order valence-electron chi connectivity index (χ1n) is 9.55. The average molecular weight is 459 g/mol. The Bertz CT molecular complexity index is 1130. The summed E-state index contributed by atoms with van der Waals surface area (Å²) in [5.41, 5.74) is 6.08. The van der Waals surface area contributed by atoms with E-state index in [9.17, 15) is 14.4 Å². The second-order valence-electron chi connectivity index (χ2n) is 6.78. The summed E-state index contributed by atoms with van der Waals surface area (Å²) >= 11 is 2.37. The van der Waals surface area contributed by atoms with Crippen molar-refractivity contribution in [3.63, 3.8) is 0 Å². The molecule has 162 valence electrons. The molecule has 1 N–H and O–H groups in total. The minimum absolute atomic E-state index is 0.209. The molecule has 3 rings (SSSR count). The van der Waals surface area contributed by atoms with Gasteiger partial charge >= 0.3 is 11.9 Å². The van der Waals surface area contributed by atoms with Gasteiger partial charge in [0.1, 0.15) is 15.4 Å². The summed E-state index contributed by atoms with van der Waals surface area (Å²) in [6, 6.07) is 5.94. The molecular weight excluding hydrogens is 436 g/mol. The lowest BCUT2D eigenvalue weighted by Gasteiger charge is -2.11. The van der Waals surface area contributed by atoms with Crippen molar-refractivity contribution in [2.24, 2.45) is 0 Å². The first-order chi connectivity index (χ1) is 14.8. The zero-order valence-electron chi connectivity index (χ0n) is 17.6. The standard InChI is InChI=1S/C22H22N2O5S2/c1-5-28-21(26)18-16(15-7-6-12(2)8-13(15)3)10-30-20(18)24-17(25)9-29-22(27)19-14(4)23-11-31-19/h6-8,10-11H,5,9H2,1-4H3,(H,24,25). The van der Waals surface area contributed by atoms with E-state index in [1.54, 1.807) is 13.8 Å². The monoisotopic (exact) mass is 458 g/mol. The maximum absolute atomic E-state index is 12.7. The summed E-state index contributed by atoms with van der Waals surface area (Å²) < 4.78 is 10.3. The van der Waals surface area contributed by atoms with Crippen LogP contribution in [0.15, 0.2) is 29.1 Å². The number of carbonyl (C=O) groups is 3. The number of amides is 1. The number of carbonyl (C=O) groups excluding carboxylic acids is 3. The van der Waals surface area contributed by atoms with Crippen molar-refractivity contribution < 1.29 is 23.9 Å². The third-order valence-corrected chi connectivity index (χ3v) is 6.26. The van der Waals surface area contributed by atoms with E-state index in [1.165, 1.54) is 16.8 Å². The van der Waals surface area contributed by atoms with E-state index in [0.29, 0.717) is 21.1 Å². The number of thiophene rings is 1. The van der Waals surface area contributed by atoms with Crippen molar-refractivity contribution in [2.45, 2.75) is 27.7 Å². The van der Waals surface area contributed by atoms with Gasteiger partial charge in [0.25, 0.3) is 5.91 Å². The molecule has 1 aromatic carbocycles. The molecule has 0 unspecified atom stereocenters. The van der Waals surface area contributed by atoms with Crippen LogP contribution in [0.5, 0.6) is 0 Å². The van der Waals surface area contributed by atoms with Gasteiger partial charge in [-0.3, -0.25) is 4.79 Å². The van der Waals surface area contributed by atoms with Gasteiger partial charge in [-0.25, -0.2) is 14.6 Å². The molecule has 0 aliphatic carbocycles. The number of ether oxygens (including phenoxy) is 2. The van der Waals surface area contributed by atoms with Crippen LogP contribution in [-0.4, -0.2) is 36.0 Å². The van der Waals surface area contributed by atoms with Crippen molar-refractivity contribution in [3.05, 3.63) is 56.4 Å². The zero-order valence-corrected chi connectivity index (χ0v) is 19.2. The highest BCUT2D eigenvalue weighted by atomic mass is 32.1. The second kappa shape index (κ2) is 9.84. The van der Waals surface area contributed by atoms with E-state index < -0.39 is 24.5 Å². The van der Waals surface area contributed by atoms with Crippen LogP contribution in [0.3, 0.4) is 0 Å². The number of rotatable bonds is 7. The Morgan fingerprint density at radius 3 is 2.45 bits per heavy atom. The van der Waals surface area contributed by atoms with Crippen LogP contribution in [0, 0.1) is 20.8 Å². The summed E-state index contributed by atoms with van der Waals surface area (Å²) in [5.74, 6) is -1.68. The summed E-state index contributed by atoms with van der Waals surface area (Å²) in [4.78, 5) is 41.5. The quantitative estimate of drug-likeness (QED) is 0.513. The number of hydrogen-bond acceptors (Lipinski definition) is 8. The fourth-order valence-electron chi connectivity index (χ4n) is 3.03. The molecule has 0 aliphatic heterocycles. The zero-order chi connectivity index (χ0) is 22.5. The molecule has 0 saturated heterocycles. The number of hydrogen-bond donors (Lipinski definition) is 1. The Morgan fingerprint density at radius 1 is 1.03 bits per heavy atom. The van der Waals surface area contributed by atoms with Gasteiger partial charge in [-0.05, 0) is 38.8 Å². The largest absolute Gasteiger partial charge is 0.462 e. The van der Waals surface area contributed by atoms with E-state index >= 15 is 0 Å². The van der Waals surface area contributed by atoms with Crippen LogP contribution in [0.4, 0.5) is 5.00 Å². The predicted octanol–water partition coefficient (Wildman–Crippen LogP) is 4.77. The van der Waals surface area contributed by atoms with Gasteiger partial charge in [0.05, 0.1) is 17.8 Å². The minimum Gasteiger partial charge on any atom is -0.462 e. The Morgan fingerprint density at radius 2 is 1.81 bits per heavy atom. The molecule has 2 aromatic heterocycles. The smallest absolute Gasteiger partial charge is 0.350 e. The molecule has 0 saturated carbocycles. The van der Waals surface area contributed by atoms with Crippen molar-refractivity contribution in [1.29, 1.82) is 0 Å². The molecule has 1 amide bonds. The predicted molar refractivity (Wildman–Crippen MR) is 121 cm³/mol. The first kappa shape index (κ1) is 22.6. The van der Waals surface area contributed by atoms with Gasteiger partial charge in [0, 0.05) is 10.9 Å². The Balaban J connectivity index is 1.81. The number of thiazole rings is 1. The van der Waals surface area contributed by atoms with Crippen molar-refractivity contribution in [3.8, 4) is 11.1 Å². The number of nitrogens with one attached hydrogen (secondary N) is 1. The number of anilines is 1. The van der Waals surface area contributed by atoms with Crippen LogP contribution in [0.1, 0.15) is 43.8 Å². The number of esters is 2. The summed E-state index contributed by atoms with van der Waals surface area (Å²) in [6.45, 7) is 7.11. The third kappa shape index (κ3) is 5.18. The van der Waals surface area contributed by atoms with Gasteiger partial charge in [0.15, 0.2) is 6.61 Å². The highest BCUT2D eigenvalue weighted by Crippen LogP contribution is 2.37. The fraction of sp³-hybridized carbons (Fsp3) is 0.273. The maximum atomic E-state index is 12.7. The molecule has 9 heteroatoms. The minimum atomic E-state index is -0.608. The lowest BCUT2D eigenvalue weighted by molar-refractivity contribution is -0.119. The molecule has 0 fully saturated rings. The van der Waals surface area contributed by atoms with Gasteiger partial charge < -0.3 is 14.8 Å². The van der Waals surface area contributed by atoms with E-state index in [0.717, 1.165) is 28.0 Å². The molecule has 0 bridgehead atoms. The Kier molecular flexibility index (Phi) is 7.19. The average Bonchev–Trinajstić information content (AvgIpc) is 3.32. The van der Waals surface area contributed by atoms with E-state index in [1.807, 2.05) is 37.4 Å². The number of nitrogens with zero attached hydrogens (tertiary/aromatic N) is 1. The van der Waals surface area contributed by atoms with E-state index in [2.05, 4.69) is 10.3 Å². The van der Waals surface area contributed by atoms with Crippen LogP contribution >= 0.6 is 22.7 Å². The second-order valence-corrected chi connectivity index (χ2v) is 8.52. The first-order valence-corrected chi connectivity index (χ1v) is 11.3. The molecule has 0 radical (unpaired) electrons. The molecule has 7 nitrogen and oxygen atoms in total. The van der Waals surface area contributed by atoms with E-state index in [4.69, 9.17) is 9.47 Å². The van der Waals surface area contributed by atoms with Gasteiger partial charge in [-0.2, -0.15) is 0 Å². The van der Waals surface area contributed by atoms with Gasteiger partial charge in [-0.15, -0.1) is 22.7 Å². The van der Waals surface area contributed by atoms with Crippen molar-refractivity contribution in [2.75, 3.05) is 18.5 Å². The number of aryl methyl sites for hydroxylation is 3. The lowest BCUT2D eigenvalue weighted by atomic mass is 9.97. The van der Waals surface area contributed by atoms with Crippen molar-refractivity contribution in [1.82, 2.24) is 4.98 Å².